The molecule has 0 fully saturated rings. The molecule has 0 bridgehead atoms. The first-order valence-corrected chi connectivity index (χ1v) is 11.6. The Hall–Kier alpha value is -3.00. The summed E-state index contributed by atoms with van der Waals surface area (Å²) in [4.78, 5) is 26.0. The molecule has 8 heteroatoms. The van der Waals surface area contributed by atoms with Crippen molar-refractivity contribution in [2.24, 2.45) is 11.1 Å². The number of furan rings is 1. The van der Waals surface area contributed by atoms with Crippen molar-refractivity contribution >= 4 is 27.7 Å². The topological polar surface area (TPSA) is 101 Å². The number of Topliss-reactive ketones (excluding diaryl/α,β-unsaturated/α-hetero) is 1. The van der Waals surface area contributed by atoms with Crippen LogP contribution in [0.25, 0.3) is 0 Å². The summed E-state index contributed by atoms with van der Waals surface area (Å²) in [6, 6.07) is 10.9. The number of carbonyl (C=O) groups is 2. The molecular weight excluding hydrogens is 490 g/mol. The van der Waals surface area contributed by atoms with E-state index in [9.17, 15) is 9.59 Å². The average molecular weight is 516 g/mol. The summed E-state index contributed by atoms with van der Waals surface area (Å²) in [5.41, 5.74) is 6.39. The van der Waals surface area contributed by atoms with E-state index in [0.29, 0.717) is 41.4 Å². The van der Waals surface area contributed by atoms with Crippen LogP contribution in [0, 0.1) is 5.41 Å². The van der Waals surface area contributed by atoms with Gasteiger partial charge in [0.15, 0.2) is 5.78 Å². The molecule has 2 aromatic rings. The smallest absolute Gasteiger partial charge is 0.340 e. The molecule has 2 heterocycles. The fraction of sp³-hybridized carbons (Fsp3) is 0.360. The van der Waals surface area contributed by atoms with Crippen LogP contribution in [0.2, 0.25) is 0 Å². The first-order chi connectivity index (χ1) is 15.7. The van der Waals surface area contributed by atoms with Gasteiger partial charge in [0.05, 0.1) is 12.5 Å². The second-order valence-corrected chi connectivity index (χ2v) is 9.77. The van der Waals surface area contributed by atoms with Crippen molar-refractivity contribution in [2.45, 2.75) is 46.1 Å². The summed E-state index contributed by atoms with van der Waals surface area (Å²) in [7, 11) is 0. The molecule has 1 aliphatic heterocycles. The van der Waals surface area contributed by atoms with E-state index in [-0.39, 0.29) is 35.9 Å². The number of ether oxygens (including phenoxy) is 3. The minimum Gasteiger partial charge on any atom is -0.486 e. The van der Waals surface area contributed by atoms with Crippen molar-refractivity contribution in [3.05, 3.63) is 75.2 Å². The van der Waals surface area contributed by atoms with Crippen molar-refractivity contribution in [3.8, 4) is 5.75 Å². The van der Waals surface area contributed by atoms with Crippen LogP contribution >= 0.6 is 15.9 Å². The van der Waals surface area contributed by atoms with Gasteiger partial charge in [0.1, 0.15) is 35.2 Å². The summed E-state index contributed by atoms with van der Waals surface area (Å²) in [5.74, 6) is 0.553. The molecule has 1 unspecified atom stereocenters. The number of benzene rings is 1. The van der Waals surface area contributed by atoms with Crippen molar-refractivity contribution in [3.63, 3.8) is 0 Å². The highest BCUT2D eigenvalue weighted by Crippen LogP contribution is 2.48. The fourth-order valence-corrected chi connectivity index (χ4v) is 4.45. The zero-order valence-corrected chi connectivity index (χ0v) is 20.4. The van der Waals surface area contributed by atoms with Gasteiger partial charge < -0.3 is 24.4 Å². The Labute approximate surface area is 200 Å². The van der Waals surface area contributed by atoms with Gasteiger partial charge in [0, 0.05) is 22.9 Å². The SMILES string of the molecule is CCOC(=O)C1=C(N)OC2=C(C(=O)CC(C)(C)C2)C1c1ccc(COc2ccc(Br)cc2)o1. The van der Waals surface area contributed by atoms with Crippen LogP contribution in [0.3, 0.4) is 0 Å². The van der Waals surface area contributed by atoms with Crippen LogP contribution in [-0.2, 0) is 25.7 Å². The fourth-order valence-electron chi connectivity index (χ4n) is 4.19. The van der Waals surface area contributed by atoms with Crippen molar-refractivity contribution in [1.29, 1.82) is 0 Å². The third-order valence-corrected chi connectivity index (χ3v) is 6.14. The van der Waals surface area contributed by atoms with E-state index in [4.69, 9.17) is 24.4 Å². The first kappa shape index (κ1) is 23.2. The minimum atomic E-state index is -0.794. The number of hydrogen-bond acceptors (Lipinski definition) is 7. The Morgan fingerprint density at radius 2 is 1.91 bits per heavy atom. The predicted octanol–water partition coefficient (Wildman–Crippen LogP) is 5.11. The third kappa shape index (κ3) is 4.85. The van der Waals surface area contributed by atoms with Gasteiger partial charge in [-0.05, 0) is 48.7 Å². The van der Waals surface area contributed by atoms with Crippen LogP contribution < -0.4 is 10.5 Å². The molecule has 1 aromatic heterocycles. The molecular formula is C25H26BrNO6. The Balaban J connectivity index is 1.67. The van der Waals surface area contributed by atoms with Gasteiger partial charge in [-0.3, -0.25) is 4.79 Å². The molecule has 33 heavy (non-hydrogen) atoms. The summed E-state index contributed by atoms with van der Waals surface area (Å²) < 4.78 is 23.8. The molecule has 0 saturated carbocycles. The molecule has 0 radical (unpaired) electrons. The van der Waals surface area contributed by atoms with Crippen LogP contribution in [0.1, 0.15) is 51.1 Å². The molecule has 0 spiro atoms. The molecule has 1 atom stereocenters. The lowest BCUT2D eigenvalue weighted by Crippen LogP contribution is -2.35. The lowest BCUT2D eigenvalue weighted by molar-refractivity contribution is -0.139. The van der Waals surface area contributed by atoms with Crippen LogP contribution in [0.5, 0.6) is 5.75 Å². The van der Waals surface area contributed by atoms with E-state index in [1.54, 1.807) is 19.1 Å². The largest absolute Gasteiger partial charge is 0.486 e. The van der Waals surface area contributed by atoms with Crippen molar-refractivity contribution < 1.29 is 28.2 Å². The highest BCUT2D eigenvalue weighted by Gasteiger charge is 2.46. The van der Waals surface area contributed by atoms with E-state index < -0.39 is 11.9 Å². The highest BCUT2D eigenvalue weighted by molar-refractivity contribution is 9.10. The molecule has 2 aliphatic rings. The number of nitrogens with two attached hydrogens (primary N) is 1. The average Bonchev–Trinajstić information content (AvgIpc) is 3.20. The third-order valence-electron chi connectivity index (χ3n) is 5.61. The van der Waals surface area contributed by atoms with Gasteiger partial charge >= 0.3 is 5.97 Å². The van der Waals surface area contributed by atoms with Gasteiger partial charge in [-0.1, -0.05) is 29.8 Å². The van der Waals surface area contributed by atoms with Gasteiger partial charge in [-0.15, -0.1) is 0 Å². The van der Waals surface area contributed by atoms with E-state index in [1.165, 1.54) is 0 Å². The monoisotopic (exact) mass is 515 g/mol. The molecule has 2 N–H and O–H groups in total. The Morgan fingerprint density at radius 3 is 2.61 bits per heavy atom. The Morgan fingerprint density at radius 1 is 1.18 bits per heavy atom. The quantitative estimate of drug-likeness (QED) is 0.533. The predicted molar refractivity (Wildman–Crippen MR) is 124 cm³/mol. The number of hydrogen-bond donors (Lipinski definition) is 1. The van der Waals surface area contributed by atoms with Gasteiger partial charge in [-0.25, -0.2) is 4.79 Å². The zero-order chi connectivity index (χ0) is 23.8. The molecule has 1 aromatic carbocycles. The number of ketones is 1. The number of rotatable bonds is 6. The normalized spacial score (nSPS) is 19.8. The molecule has 1 aliphatic carbocycles. The van der Waals surface area contributed by atoms with E-state index in [1.807, 2.05) is 38.1 Å². The highest BCUT2D eigenvalue weighted by atomic mass is 79.9. The molecule has 7 nitrogen and oxygen atoms in total. The molecule has 0 amide bonds. The van der Waals surface area contributed by atoms with Crippen LogP contribution in [0.15, 0.2) is 68.1 Å². The minimum absolute atomic E-state index is 0.0632. The Bertz CT molecular complexity index is 1140. The Kier molecular flexibility index (Phi) is 6.38. The summed E-state index contributed by atoms with van der Waals surface area (Å²) in [6.45, 7) is 6.05. The van der Waals surface area contributed by atoms with Gasteiger partial charge in [0.25, 0.3) is 0 Å². The van der Waals surface area contributed by atoms with Crippen LogP contribution in [-0.4, -0.2) is 18.4 Å². The summed E-state index contributed by atoms with van der Waals surface area (Å²) in [6.07, 6.45) is 0.865. The maximum Gasteiger partial charge on any atom is 0.340 e. The van der Waals surface area contributed by atoms with Crippen molar-refractivity contribution in [1.82, 2.24) is 0 Å². The van der Waals surface area contributed by atoms with E-state index in [0.717, 1.165) is 4.47 Å². The first-order valence-electron chi connectivity index (χ1n) is 10.8. The summed E-state index contributed by atoms with van der Waals surface area (Å²) in [5, 5.41) is 0. The van der Waals surface area contributed by atoms with Crippen LogP contribution in [0.4, 0.5) is 0 Å². The zero-order valence-electron chi connectivity index (χ0n) is 18.8. The summed E-state index contributed by atoms with van der Waals surface area (Å²) >= 11 is 3.39. The second kappa shape index (κ2) is 9.09. The second-order valence-electron chi connectivity index (χ2n) is 8.86. The van der Waals surface area contributed by atoms with E-state index in [2.05, 4.69) is 15.9 Å². The number of allylic oxidation sites excluding steroid dienone is 2. The molecule has 4 rings (SSSR count). The lowest BCUT2D eigenvalue weighted by Gasteiger charge is -2.37. The molecule has 174 valence electrons. The van der Waals surface area contributed by atoms with Gasteiger partial charge in [0.2, 0.25) is 5.88 Å². The number of esters is 1. The lowest BCUT2D eigenvalue weighted by atomic mass is 9.71. The maximum atomic E-state index is 13.2. The maximum absolute atomic E-state index is 13.2. The molecule has 0 saturated heterocycles. The van der Waals surface area contributed by atoms with Gasteiger partial charge in [-0.2, -0.15) is 0 Å². The standard InChI is InChI=1S/C25H26BrNO6/c1-4-30-24(29)22-21(20-17(28)11-25(2,3)12-19(20)33-23(22)27)18-10-9-16(32-18)13-31-15-7-5-14(26)6-8-15/h5-10,21H,4,11-13,27H2,1-3H3. The number of halogens is 1. The number of carbonyl (C=O) groups excluding carboxylic acids is 2. The van der Waals surface area contributed by atoms with E-state index >= 15 is 0 Å². The van der Waals surface area contributed by atoms with Crippen molar-refractivity contribution in [2.75, 3.05) is 6.61 Å².